The minimum absolute atomic E-state index is 0.0829. The van der Waals surface area contributed by atoms with Crippen LogP contribution in [-0.4, -0.2) is 55.2 Å². The summed E-state index contributed by atoms with van der Waals surface area (Å²) in [5, 5.41) is 18.0. The predicted octanol–water partition coefficient (Wildman–Crippen LogP) is 3.59. The van der Waals surface area contributed by atoms with E-state index < -0.39 is 12.0 Å². The molecule has 0 amide bonds. The molecular formula is C24H26F2N6O. The zero-order chi connectivity index (χ0) is 22.7. The lowest BCUT2D eigenvalue weighted by Gasteiger charge is -2.41. The van der Waals surface area contributed by atoms with Crippen LogP contribution < -0.4 is 10.2 Å². The van der Waals surface area contributed by atoms with Crippen molar-refractivity contribution in [2.75, 3.05) is 4.90 Å². The summed E-state index contributed by atoms with van der Waals surface area (Å²) in [6.45, 7) is 0. The molecule has 1 saturated carbocycles. The van der Waals surface area contributed by atoms with Gasteiger partial charge in [0.15, 0.2) is 0 Å². The van der Waals surface area contributed by atoms with E-state index in [0.29, 0.717) is 23.1 Å². The van der Waals surface area contributed by atoms with Crippen molar-refractivity contribution in [2.24, 2.45) is 7.05 Å². The quantitative estimate of drug-likeness (QED) is 0.616. The minimum Gasteiger partial charge on any atom is -0.507 e. The van der Waals surface area contributed by atoms with Gasteiger partial charge in [-0.1, -0.05) is 0 Å². The summed E-state index contributed by atoms with van der Waals surface area (Å²) in [5.41, 5.74) is 1.48. The van der Waals surface area contributed by atoms with Gasteiger partial charge in [0, 0.05) is 48.1 Å². The van der Waals surface area contributed by atoms with Gasteiger partial charge in [-0.3, -0.25) is 9.67 Å². The smallest absolute Gasteiger partial charge is 0.147 e. The van der Waals surface area contributed by atoms with Crippen LogP contribution in [0.25, 0.3) is 22.4 Å². The molecule has 4 heterocycles. The molecule has 0 radical (unpaired) electrons. The first-order valence-corrected chi connectivity index (χ1v) is 11.5. The lowest BCUT2D eigenvalue weighted by atomic mass is 9.96. The first-order chi connectivity index (χ1) is 16.0. The molecule has 1 aliphatic carbocycles. The van der Waals surface area contributed by atoms with Crippen molar-refractivity contribution < 1.29 is 13.9 Å². The number of hydrogen-bond donors (Lipinski definition) is 2. The van der Waals surface area contributed by atoms with Gasteiger partial charge in [0.1, 0.15) is 23.6 Å². The summed E-state index contributed by atoms with van der Waals surface area (Å²) in [4.78, 5) is 11.2. The van der Waals surface area contributed by atoms with Gasteiger partial charge in [-0.25, -0.2) is 13.8 Å². The molecule has 2 aliphatic heterocycles. The second-order valence-electron chi connectivity index (χ2n) is 9.45. The number of hydrogen-bond acceptors (Lipinski definition) is 6. The number of benzene rings is 1. The standard InChI is InChI=1S/C24H26F2N6O/c1-31-12-13(9-29-31)16-8-22(33)17(7-18(16)25)20-10-28-23(11-27-20)32(15-3-4-15)21-6-14-2-5-19(30-14)24(21)26/h7-12,14-15,19,21,24,30,33H,2-6H2,1H3/t14?,19?,21-,24+/m1/s1. The highest BCUT2D eigenvalue weighted by Crippen LogP contribution is 2.40. The molecule has 2 aromatic heterocycles. The van der Waals surface area contributed by atoms with Crippen LogP contribution in [0.2, 0.25) is 0 Å². The van der Waals surface area contributed by atoms with E-state index in [-0.39, 0.29) is 35.0 Å². The zero-order valence-electron chi connectivity index (χ0n) is 18.3. The number of phenols is 1. The number of fused-ring (bicyclic) bond motifs is 2. The van der Waals surface area contributed by atoms with E-state index in [1.54, 1.807) is 30.3 Å². The van der Waals surface area contributed by atoms with Crippen LogP contribution in [0.1, 0.15) is 32.1 Å². The molecular weight excluding hydrogens is 426 g/mol. The van der Waals surface area contributed by atoms with Crippen molar-refractivity contribution in [1.29, 1.82) is 0 Å². The molecule has 3 fully saturated rings. The predicted molar refractivity (Wildman–Crippen MR) is 120 cm³/mol. The monoisotopic (exact) mass is 452 g/mol. The maximum atomic E-state index is 15.3. The highest BCUT2D eigenvalue weighted by Gasteiger charge is 2.48. The number of phenolic OH excluding ortho intramolecular Hbond substituents is 1. The number of halogens is 2. The van der Waals surface area contributed by atoms with Crippen molar-refractivity contribution in [3.05, 3.63) is 42.7 Å². The largest absolute Gasteiger partial charge is 0.507 e. The van der Waals surface area contributed by atoms with Gasteiger partial charge < -0.3 is 15.3 Å². The van der Waals surface area contributed by atoms with Crippen molar-refractivity contribution in [1.82, 2.24) is 25.1 Å². The first kappa shape index (κ1) is 20.5. The average Bonchev–Trinajstić information content (AvgIpc) is 3.41. The summed E-state index contributed by atoms with van der Waals surface area (Å²) in [6, 6.07) is 3.00. The lowest BCUT2D eigenvalue weighted by Crippen LogP contribution is -2.57. The fraction of sp³-hybridized carbons (Fsp3) is 0.458. The highest BCUT2D eigenvalue weighted by molar-refractivity contribution is 5.74. The van der Waals surface area contributed by atoms with E-state index in [4.69, 9.17) is 0 Å². The number of nitrogens with one attached hydrogen (secondary N) is 1. The zero-order valence-corrected chi connectivity index (χ0v) is 18.3. The van der Waals surface area contributed by atoms with Crippen molar-refractivity contribution in [3.63, 3.8) is 0 Å². The molecule has 4 atom stereocenters. The Labute approximate surface area is 190 Å². The van der Waals surface area contributed by atoms with Crippen LogP contribution in [0, 0.1) is 5.82 Å². The second kappa shape index (κ2) is 7.76. The molecule has 3 aromatic rings. The Hall–Kier alpha value is -3.07. The minimum atomic E-state index is -0.941. The summed E-state index contributed by atoms with van der Waals surface area (Å²) >= 11 is 0. The third-order valence-corrected chi connectivity index (χ3v) is 7.13. The van der Waals surface area contributed by atoms with E-state index in [1.165, 1.54) is 18.3 Å². The summed E-state index contributed by atoms with van der Waals surface area (Å²) in [7, 11) is 1.75. The van der Waals surface area contributed by atoms with Gasteiger partial charge in [0.2, 0.25) is 0 Å². The number of aryl methyl sites for hydroxylation is 1. The number of nitrogens with zero attached hydrogens (tertiary/aromatic N) is 5. The molecule has 3 aliphatic rings. The molecule has 172 valence electrons. The molecule has 2 unspecified atom stereocenters. The van der Waals surface area contributed by atoms with Gasteiger partial charge in [0.05, 0.1) is 30.3 Å². The third-order valence-electron chi connectivity index (χ3n) is 7.13. The maximum Gasteiger partial charge on any atom is 0.147 e. The molecule has 7 nitrogen and oxygen atoms in total. The number of rotatable bonds is 5. The van der Waals surface area contributed by atoms with Crippen molar-refractivity contribution >= 4 is 5.82 Å². The van der Waals surface area contributed by atoms with Gasteiger partial charge in [-0.2, -0.15) is 5.10 Å². The van der Waals surface area contributed by atoms with Gasteiger partial charge in [-0.05, 0) is 44.2 Å². The van der Waals surface area contributed by atoms with Crippen LogP contribution in [0.4, 0.5) is 14.6 Å². The second-order valence-corrected chi connectivity index (χ2v) is 9.45. The number of aromatic hydroxyl groups is 1. The van der Waals surface area contributed by atoms with Crippen LogP contribution in [0.5, 0.6) is 5.75 Å². The summed E-state index contributed by atoms with van der Waals surface area (Å²) in [5.74, 6) is 0.0731. The SMILES string of the molecule is Cn1cc(-c2cc(O)c(-c3cnc(N(C4CC4)[C@@H]4CC5CCC(N5)[C@@H]4F)cn3)cc2F)cn1. The number of piperidine rings is 1. The van der Waals surface area contributed by atoms with E-state index >= 15 is 4.39 Å². The maximum absolute atomic E-state index is 15.3. The molecule has 33 heavy (non-hydrogen) atoms. The molecule has 2 bridgehead atoms. The van der Waals surface area contributed by atoms with Crippen LogP contribution in [0.3, 0.4) is 0 Å². The average molecular weight is 453 g/mol. The fourth-order valence-corrected chi connectivity index (χ4v) is 5.37. The normalized spacial score (nSPS) is 26.5. The molecule has 0 spiro atoms. The number of anilines is 1. The fourth-order valence-electron chi connectivity index (χ4n) is 5.37. The Morgan fingerprint density at radius 3 is 2.64 bits per heavy atom. The van der Waals surface area contributed by atoms with E-state index in [2.05, 4.69) is 25.3 Å². The van der Waals surface area contributed by atoms with Gasteiger partial charge >= 0.3 is 0 Å². The topological polar surface area (TPSA) is 79.1 Å². The molecule has 6 rings (SSSR count). The van der Waals surface area contributed by atoms with E-state index in [1.807, 2.05) is 0 Å². The Morgan fingerprint density at radius 1 is 1.09 bits per heavy atom. The number of aromatic nitrogens is 4. The molecule has 9 heteroatoms. The lowest BCUT2D eigenvalue weighted by molar-refractivity contribution is 0.171. The Kier molecular flexibility index (Phi) is 4.83. The van der Waals surface area contributed by atoms with Crippen LogP contribution in [-0.2, 0) is 7.05 Å². The van der Waals surface area contributed by atoms with Gasteiger partial charge in [0.25, 0.3) is 0 Å². The highest BCUT2D eigenvalue weighted by atomic mass is 19.1. The molecule has 1 aromatic carbocycles. The first-order valence-electron chi connectivity index (χ1n) is 11.5. The Bertz CT molecular complexity index is 1180. The Morgan fingerprint density at radius 2 is 1.94 bits per heavy atom. The summed E-state index contributed by atoms with van der Waals surface area (Å²) in [6.07, 6.45) is 10.2. The van der Waals surface area contributed by atoms with Gasteiger partial charge in [-0.15, -0.1) is 0 Å². The Balaban J connectivity index is 1.29. The van der Waals surface area contributed by atoms with Crippen molar-refractivity contribution in [3.8, 4) is 28.1 Å². The van der Waals surface area contributed by atoms with E-state index in [9.17, 15) is 9.50 Å². The summed E-state index contributed by atoms with van der Waals surface area (Å²) < 4.78 is 31.7. The third kappa shape index (κ3) is 3.64. The molecule has 2 saturated heterocycles. The van der Waals surface area contributed by atoms with Crippen LogP contribution >= 0.6 is 0 Å². The van der Waals surface area contributed by atoms with E-state index in [0.717, 1.165) is 32.1 Å². The van der Waals surface area contributed by atoms with Crippen LogP contribution in [0.15, 0.2) is 36.9 Å². The molecule has 2 N–H and O–H groups in total. The number of alkyl halides is 1. The van der Waals surface area contributed by atoms with Crippen molar-refractivity contribution in [2.45, 2.75) is 62.4 Å².